The Morgan fingerprint density at radius 1 is 1.25 bits per heavy atom. The number of urea groups is 1. The lowest BCUT2D eigenvalue weighted by atomic mass is 10.3. The maximum absolute atomic E-state index is 12.1. The molecule has 1 rings (SSSR count). The molecule has 1 aromatic carbocycles. The molecule has 0 aliphatic carbocycles. The molecule has 6 nitrogen and oxygen atoms in total. The summed E-state index contributed by atoms with van der Waals surface area (Å²) in [5.41, 5.74) is -0.183. The van der Waals surface area contributed by atoms with Gasteiger partial charge in [-0.2, -0.15) is 0 Å². The monoisotopic (exact) mass is 292 g/mol. The van der Waals surface area contributed by atoms with Gasteiger partial charge in [0.05, 0.1) is 12.1 Å². The van der Waals surface area contributed by atoms with Gasteiger partial charge in [-0.1, -0.05) is 12.1 Å². The van der Waals surface area contributed by atoms with Gasteiger partial charge in [-0.15, -0.1) is 13.2 Å². The van der Waals surface area contributed by atoms with E-state index in [1.165, 1.54) is 18.2 Å². The van der Waals surface area contributed by atoms with Crippen LogP contribution in [0.2, 0.25) is 0 Å². The second kappa shape index (κ2) is 6.64. The summed E-state index contributed by atoms with van der Waals surface area (Å²) in [6.07, 6.45) is -5.17. The van der Waals surface area contributed by atoms with Crippen LogP contribution in [0.4, 0.5) is 23.7 Å². The highest BCUT2D eigenvalue weighted by molar-refractivity contribution is 5.91. The molecule has 0 bridgehead atoms. The van der Waals surface area contributed by atoms with Crippen LogP contribution >= 0.6 is 0 Å². The highest BCUT2D eigenvalue weighted by Gasteiger charge is 2.32. The molecule has 0 aromatic heterocycles. The molecular weight excluding hydrogens is 281 g/mol. The number of hydrogen-bond acceptors (Lipinski definition) is 3. The SMILES string of the molecule is O=C(O)CCNC(=O)Nc1ccccc1OC(F)(F)F. The molecule has 2 amide bonds. The second-order valence-corrected chi connectivity index (χ2v) is 3.57. The lowest BCUT2D eigenvalue weighted by Gasteiger charge is -2.14. The Labute approximate surface area is 111 Å². The minimum absolute atomic E-state index is 0.149. The number of amides is 2. The van der Waals surface area contributed by atoms with Crippen molar-refractivity contribution in [3.63, 3.8) is 0 Å². The molecule has 0 unspecified atom stereocenters. The summed E-state index contributed by atoms with van der Waals surface area (Å²) in [5, 5.41) is 12.7. The van der Waals surface area contributed by atoms with Crippen molar-refractivity contribution in [2.24, 2.45) is 0 Å². The molecule has 0 saturated carbocycles. The summed E-state index contributed by atoms with van der Waals surface area (Å²) in [7, 11) is 0. The predicted octanol–water partition coefficient (Wildman–Crippen LogP) is 2.18. The van der Waals surface area contributed by atoms with E-state index in [0.717, 1.165) is 6.07 Å². The standard InChI is InChI=1S/C11H11F3N2O4/c12-11(13,14)20-8-4-2-1-3-7(8)16-10(19)15-6-5-9(17)18/h1-4H,5-6H2,(H,17,18)(H2,15,16,19). The number of anilines is 1. The molecule has 9 heteroatoms. The van der Waals surface area contributed by atoms with Gasteiger partial charge in [0.2, 0.25) is 0 Å². The number of para-hydroxylation sites is 2. The number of aliphatic carboxylic acids is 1. The van der Waals surface area contributed by atoms with E-state index in [1.54, 1.807) is 0 Å². The zero-order chi connectivity index (χ0) is 15.2. The quantitative estimate of drug-likeness (QED) is 0.776. The lowest BCUT2D eigenvalue weighted by Crippen LogP contribution is -2.31. The van der Waals surface area contributed by atoms with Crippen LogP contribution in [-0.2, 0) is 4.79 Å². The van der Waals surface area contributed by atoms with E-state index in [-0.39, 0.29) is 18.7 Å². The fraction of sp³-hybridized carbons (Fsp3) is 0.273. The van der Waals surface area contributed by atoms with Crippen molar-refractivity contribution in [3.05, 3.63) is 24.3 Å². The Morgan fingerprint density at radius 3 is 2.50 bits per heavy atom. The summed E-state index contributed by atoms with van der Waals surface area (Å²) in [6, 6.07) is 4.16. The van der Waals surface area contributed by atoms with Crippen LogP contribution < -0.4 is 15.4 Å². The average molecular weight is 292 g/mol. The first-order valence-corrected chi connectivity index (χ1v) is 5.39. The number of alkyl halides is 3. The van der Waals surface area contributed by atoms with Crippen molar-refractivity contribution in [1.29, 1.82) is 0 Å². The smallest absolute Gasteiger partial charge is 0.481 e. The van der Waals surface area contributed by atoms with Gasteiger partial charge in [0, 0.05) is 6.54 Å². The topological polar surface area (TPSA) is 87.7 Å². The van der Waals surface area contributed by atoms with Gasteiger partial charge in [0.15, 0.2) is 5.75 Å². The molecule has 0 aliphatic heterocycles. The van der Waals surface area contributed by atoms with Crippen molar-refractivity contribution in [3.8, 4) is 5.75 Å². The second-order valence-electron chi connectivity index (χ2n) is 3.57. The minimum Gasteiger partial charge on any atom is -0.481 e. The summed E-state index contributed by atoms with van der Waals surface area (Å²) in [6.45, 7) is -0.149. The van der Waals surface area contributed by atoms with Gasteiger partial charge in [0.25, 0.3) is 0 Å². The Morgan fingerprint density at radius 2 is 1.90 bits per heavy atom. The predicted molar refractivity (Wildman–Crippen MR) is 62.4 cm³/mol. The first-order chi connectivity index (χ1) is 9.28. The summed E-state index contributed by atoms with van der Waals surface area (Å²) >= 11 is 0. The number of halogens is 3. The zero-order valence-electron chi connectivity index (χ0n) is 10.0. The van der Waals surface area contributed by atoms with Crippen LogP contribution in [0.5, 0.6) is 5.75 Å². The van der Waals surface area contributed by atoms with Gasteiger partial charge >= 0.3 is 18.4 Å². The Bertz CT molecular complexity index is 491. The highest BCUT2D eigenvalue weighted by Crippen LogP contribution is 2.29. The van der Waals surface area contributed by atoms with E-state index in [9.17, 15) is 22.8 Å². The molecule has 0 aliphatic rings. The molecule has 0 atom stereocenters. The van der Waals surface area contributed by atoms with E-state index in [1.807, 2.05) is 0 Å². The first kappa shape index (κ1) is 15.6. The molecule has 0 radical (unpaired) electrons. The number of carboxylic acids is 1. The highest BCUT2D eigenvalue weighted by atomic mass is 19.4. The largest absolute Gasteiger partial charge is 0.573 e. The summed E-state index contributed by atoms with van der Waals surface area (Å²) < 4.78 is 40.1. The molecule has 1 aromatic rings. The van der Waals surface area contributed by atoms with Crippen LogP contribution in [0, 0.1) is 0 Å². The van der Waals surface area contributed by atoms with Crippen LogP contribution in [0.25, 0.3) is 0 Å². The van der Waals surface area contributed by atoms with Gasteiger partial charge in [-0.25, -0.2) is 4.79 Å². The number of carbonyl (C=O) groups excluding carboxylic acids is 1. The summed E-state index contributed by atoms with van der Waals surface area (Å²) in [4.78, 5) is 21.6. The van der Waals surface area contributed by atoms with Crippen LogP contribution in [0.3, 0.4) is 0 Å². The van der Waals surface area contributed by atoms with Gasteiger partial charge in [-0.3, -0.25) is 4.79 Å². The zero-order valence-corrected chi connectivity index (χ0v) is 10.0. The fourth-order valence-corrected chi connectivity index (χ4v) is 1.23. The van der Waals surface area contributed by atoms with Crippen molar-refractivity contribution < 1.29 is 32.6 Å². The fourth-order valence-electron chi connectivity index (χ4n) is 1.23. The van der Waals surface area contributed by atoms with E-state index < -0.39 is 24.1 Å². The van der Waals surface area contributed by atoms with Crippen LogP contribution in [0.15, 0.2) is 24.3 Å². The van der Waals surface area contributed by atoms with Crippen molar-refractivity contribution >= 4 is 17.7 Å². The Hall–Kier alpha value is -2.45. The molecule has 0 fully saturated rings. The van der Waals surface area contributed by atoms with Gasteiger partial charge in [0.1, 0.15) is 0 Å². The summed E-state index contributed by atoms with van der Waals surface area (Å²) in [5.74, 6) is -1.67. The number of hydrogen-bond donors (Lipinski definition) is 3. The normalized spacial score (nSPS) is 10.8. The lowest BCUT2D eigenvalue weighted by molar-refractivity contribution is -0.274. The average Bonchev–Trinajstić information content (AvgIpc) is 2.29. The van der Waals surface area contributed by atoms with E-state index >= 15 is 0 Å². The van der Waals surface area contributed by atoms with Crippen LogP contribution in [-0.4, -0.2) is 30.0 Å². The number of benzene rings is 1. The number of carboxylic acid groups (broad SMARTS) is 1. The van der Waals surface area contributed by atoms with Crippen molar-refractivity contribution in [1.82, 2.24) is 5.32 Å². The number of rotatable bonds is 5. The molecule has 0 saturated heterocycles. The van der Waals surface area contributed by atoms with Crippen LogP contribution in [0.1, 0.15) is 6.42 Å². The number of ether oxygens (including phenoxy) is 1. The van der Waals surface area contributed by atoms with E-state index in [2.05, 4.69) is 15.4 Å². The molecule has 0 heterocycles. The molecule has 0 spiro atoms. The minimum atomic E-state index is -4.88. The molecular formula is C11H11F3N2O4. The maximum atomic E-state index is 12.1. The molecule has 3 N–H and O–H groups in total. The van der Waals surface area contributed by atoms with E-state index in [0.29, 0.717) is 0 Å². The van der Waals surface area contributed by atoms with Gasteiger partial charge < -0.3 is 20.5 Å². The third kappa shape index (κ3) is 5.94. The Balaban J connectivity index is 2.63. The third-order valence-corrected chi connectivity index (χ3v) is 1.99. The molecule has 110 valence electrons. The van der Waals surface area contributed by atoms with Crippen molar-refractivity contribution in [2.75, 3.05) is 11.9 Å². The first-order valence-electron chi connectivity index (χ1n) is 5.39. The number of carbonyl (C=O) groups is 2. The molecule has 20 heavy (non-hydrogen) atoms. The maximum Gasteiger partial charge on any atom is 0.573 e. The van der Waals surface area contributed by atoms with Crippen molar-refractivity contribution in [2.45, 2.75) is 12.8 Å². The number of nitrogens with one attached hydrogen (secondary N) is 2. The third-order valence-electron chi connectivity index (χ3n) is 1.99. The Kier molecular flexibility index (Phi) is 5.18. The van der Waals surface area contributed by atoms with Gasteiger partial charge in [-0.05, 0) is 12.1 Å². The van der Waals surface area contributed by atoms with E-state index in [4.69, 9.17) is 5.11 Å².